The second kappa shape index (κ2) is 10.5. The molecule has 1 fully saturated rings. The summed E-state index contributed by atoms with van der Waals surface area (Å²) < 4.78 is 7.13. The third-order valence-electron chi connectivity index (χ3n) is 5.95. The first-order valence-electron chi connectivity index (χ1n) is 11.7. The smallest absolute Gasteiger partial charge is 0.220 e. The van der Waals surface area contributed by atoms with Crippen LogP contribution in [-0.4, -0.2) is 65.6 Å². The van der Waals surface area contributed by atoms with Gasteiger partial charge < -0.3 is 19.9 Å². The Balaban J connectivity index is 1.36. The van der Waals surface area contributed by atoms with E-state index >= 15 is 0 Å². The maximum atomic E-state index is 12.1. The molecule has 9 nitrogen and oxygen atoms in total. The van der Waals surface area contributed by atoms with Crippen molar-refractivity contribution >= 4 is 23.1 Å². The highest BCUT2D eigenvalue weighted by Gasteiger charge is 2.20. The van der Waals surface area contributed by atoms with Gasteiger partial charge in [0.05, 0.1) is 7.11 Å². The molecule has 1 N–H and O–H groups in total. The average Bonchev–Trinajstić information content (AvgIpc) is 3.25. The first-order chi connectivity index (χ1) is 16.0. The van der Waals surface area contributed by atoms with Crippen LogP contribution in [0.25, 0.3) is 5.65 Å². The molecule has 0 unspecified atom stereocenters. The molecule has 4 rings (SSSR count). The second-order valence-corrected chi connectivity index (χ2v) is 8.79. The highest BCUT2D eigenvalue weighted by Crippen LogP contribution is 2.23. The van der Waals surface area contributed by atoms with Crippen molar-refractivity contribution in [3.05, 3.63) is 42.2 Å². The summed E-state index contributed by atoms with van der Waals surface area (Å²) in [6.45, 7) is 8.54. The molecule has 3 aromatic rings. The van der Waals surface area contributed by atoms with Gasteiger partial charge in [-0.05, 0) is 36.6 Å². The zero-order valence-corrected chi connectivity index (χ0v) is 19.7. The minimum Gasteiger partial charge on any atom is -0.497 e. The standard InChI is InChI=1S/C24H33N7O2/c1-18(2)11-12-25-24(32)10-9-22-27-26-21-7-8-23(28-31(21)22)30-15-13-29(14-16-30)19-5-4-6-20(17-19)33-3/h4-8,17-18H,9-16H2,1-3H3,(H,25,32). The van der Waals surface area contributed by atoms with Gasteiger partial charge in [0.15, 0.2) is 11.5 Å². The number of ether oxygens (including phenoxy) is 1. The zero-order chi connectivity index (χ0) is 23.2. The lowest BCUT2D eigenvalue weighted by Crippen LogP contribution is -2.47. The molecule has 0 radical (unpaired) electrons. The van der Waals surface area contributed by atoms with Crippen molar-refractivity contribution in [2.24, 2.45) is 5.92 Å². The Morgan fingerprint density at radius 3 is 2.64 bits per heavy atom. The molecular formula is C24H33N7O2. The SMILES string of the molecule is COc1cccc(N2CCN(c3ccc4nnc(CCC(=O)NCCC(C)C)n4n3)CC2)c1. The van der Waals surface area contributed by atoms with E-state index in [1.54, 1.807) is 11.6 Å². The molecule has 0 saturated carbocycles. The van der Waals surface area contributed by atoms with Gasteiger partial charge in [-0.3, -0.25) is 4.79 Å². The fourth-order valence-electron chi connectivity index (χ4n) is 3.96. The third kappa shape index (κ3) is 5.71. The van der Waals surface area contributed by atoms with Gasteiger partial charge in [0.25, 0.3) is 0 Å². The van der Waals surface area contributed by atoms with Crippen molar-refractivity contribution in [3.63, 3.8) is 0 Å². The van der Waals surface area contributed by atoms with Crippen LogP contribution in [0.4, 0.5) is 11.5 Å². The van der Waals surface area contributed by atoms with E-state index in [0.717, 1.165) is 44.2 Å². The van der Waals surface area contributed by atoms with Gasteiger partial charge in [0.2, 0.25) is 5.91 Å². The number of nitrogens with one attached hydrogen (secondary N) is 1. The maximum Gasteiger partial charge on any atom is 0.220 e. The molecule has 2 aromatic heterocycles. The first-order valence-corrected chi connectivity index (χ1v) is 11.7. The Morgan fingerprint density at radius 1 is 1.09 bits per heavy atom. The van der Waals surface area contributed by atoms with Crippen LogP contribution in [0.5, 0.6) is 5.75 Å². The maximum absolute atomic E-state index is 12.1. The number of amides is 1. The topological polar surface area (TPSA) is 87.9 Å². The van der Waals surface area contributed by atoms with E-state index in [2.05, 4.69) is 51.3 Å². The molecule has 0 spiro atoms. The fraction of sp³-hybridized carbons (Fsp3) is 0.500. The summed E-state index contributed by atoms with van der Waals surface area (Å²) in [7, 11) is 1.69. The Bertz CT molecular complexity index is 1070. The number of nitrogens with zero attached hydrogens (tertiary/aromatic N) is 6. The molecule has 1 amide bonds. The number of hydrogen-bond acceptors (Lipinski definition) is 7. The van der Waals surface area contributed by atoms with Crippen LogP contribution in [0, 0.1) is 5.92 Å². The van der Waals surface area contributed by atoms with Crippen LogP contribution in [0.3, 0.4) is 0 Å². The molecule has 1 aliphatic heterocycles. The van der Waals surface area contributed by atoms with Gasteiger partial charge >= 0.3 is 0 Å². The summed E-state index contributed by atoms with van der Waals surface area (Å²) in [5, 5.41) is 16.2. The molecular weight excluding hydrogens is 418 g/mol. The Morgan fingerprint density at radius 2 is 1.88 bits per heavy atom. The lowest BCUT2D eigenvalue weighted by atomic mass is 10.1. The molecule has 3 heterocycles. The Labute approximate surface area is 194 Å². The molecule has 1 aliphatic rings. The van der Waals surface area contributed by atoms with Crippen LogP contribution >= 0.6 is 0 Å². The number of hydrogen-bond donors (Lipinski definition) is 1. The van der Waals surface area contributed by atoms with Crippen LogP contribution in [-0.2, 0) is 11.2 Å². The molecule has 0 bridgehead atoms. The Kier molecular flexibility index (Phi) is 7.26. The van der Waals surface area contributed by atoms with Crippen LogP contribution < -0.4 is 19.9 Å². The summed E-state index contributed by atoms with van der Waals surface area (Å²) in [5.41, 5.74) is 1.87. The van der Waals surface area contributed by atoms with Crippen molar-refractivity contribution in [2.45, 2.75) is 33.1 Å². The molecule has 0 aliphatic carbocycles. The number of aromatic nitrogens is 4. The minimum absolute atomic E-state index is 0.0391. The molecule has 1 saturated heterocycles. The summed E-state index contributed by atoms with van der Waals surface area (Å²) in [6.07, 6.45) is 1.87. The number of aryl methyl sites for hydroxylation is 1. The van der Waals surface area contributed by atoms with Gasteiger partial charge in [-0.25, -0.2) is 0 Å². The summed E-state index contributed by atoms with van der Waals surface area (Å²) in [6, 6.07) is 12.1. The summed E-state index contributed by atoms with van der Waals surface area (Å²) in [5.74, 6) is 3.09. The van der Waals surface area contributed by atoms with E-state index in [1.165, 1.54) is 5.69 Å². The van der Waals surface area contributed by atoms with Crippen LogP contribution in [0.1, 0.15) is 32.5 Å². The number of carbonyl (C=O) groups excluding carboxylic acids is 1. The van der Waals surface area contributed by atoms with E-state index < -0.39 is 0 Å². The third-order valence-corrected chi connectivity index (χ3v) is 5.95. The molecule has 9 heteroatoms. The number of benzene rings is 1. The normalized spacial score (nSPS) is 14.2. The number of rotatable bonds is 9. The Hall–Kier alpha value is -3.36. The lowest BCUT2D eigenvalue weighted by Gasteiger charge is -2.36. The summed E-state index contributed by atoms with van der Waals surface area (Å²) in [4.78, 5) is 16.8. The highest BCUT2D eigenvalue weighted by atomic mass is 16.5. The number of piperazine rings is 1. The molecule has 0 atom stereocenters. The van der Waals surface area contributed by atoms with Crippen molar-refractivity contribution in [1.29, 1.82) is 0 Å². The van der Waals surface area contributed by atoms with Gasteiger partial charge in [0.1, 0.15) is 11.6 Å². The van der Waals surface area contributed by atoms with Gasteiger partial charge in [-0.15, -0.1) is 15.3 Å². The summed E-state index contributed by atoms with van der Waals surface area (Å²) >= 11 is 0. The molecule has 1 aromatic carbocycles. The highest BCUT2D eigenvalue weighted by molar-refractivity contribution is 5.76. The predicted octanol–water partition coefficient (Wildman–Crippen LogP) is 2.55. The lowest BCUT2D eigenvalue weighted by molar-refractivity contribution is -0.121. The van der Waals surface area contributed by atoms with Crippen molar-refractivity contribution < 1.29 is 9.53 Å². The monoisotopic (exact) mass is 451 g/mol. The van der Waals surface area contributed by atoms with Gasteiger partial charge in [0, 0.05) is 57.3 Å². The zero-order valence-electron chi connectivity index (χ0n) is 19.7. The average molecular weight is 452 g/mol. The largest absolute Gasteiger partial charge is 0.497 e. The van der Waals surface area contributed by atoms with E-state index in [-0.39, 0.29) is 5.91 Å². The van der Waals surface area contributed by atoms with Crippen molar-refractivity contribution in [3.8, 4) is 5.75 Å². The number of fused-ring (bicyclic) bond motifs is 1. The van der Waals surface area contributed by atoms with Crippen LogP contribution in [0.15, 0.2) is 36.4 Å². The van der Waals surface area contributed by atoms with Crippen molar-refractivity contribution in [1.82, 2.24) is 25.1 Å². The van der Waals surface area contributed by atoms with Gasteiger partial charge in [-0.2, -0.15) is 4.52 Å². The second-order valence-electron chi connectivity index (χ2n) is 8.79. The van der Waals surface area contributed by atoms with E-state index in [0.29, 0.717) is 36.8 Å². The number of carbonyl (C=O) groups is 1. The van der Waals surface area contributed by atoms with Gasteiger partial charge in [-0.1, -0.05) is 19.9 Å². The minimum atomic E-state index is 0.0391. The molecule has 176 valence electrons. The number of methoxy groups -OCH3 is 1. The number of anilines is 2. The van der Waals surface area contributed by atoms with E-state index in [4.69, 9.17) is 9.84 Å². The van der Waals surface area contributed by atoms with E-state index in [9.17, 15) is 4.79 Å². The fourth-order valence-corrected chi connectivity index (χ4v) is 3.96. The molecule has 33 heavy (non-hydrogen) atoms. The van der Waals surface area contributed by atoms with Crippen LogP contribution in [0.2, 0.25) is 0 Å². The predicted molar refractivity (Wildman–Crippen MR) is 129 cm³/mol. The van der Waals surface area contributed by atoms with E-state index in [1.807, 2.05) is 24.3 Å². The van der Waals surface area contributed by atoms with Crippen molar-refractivity contribution in [2.75, 3.05) is 49.6 Å². The quantitative estimate of drug-likeness (QED) is 0.535. The first kappa shape index (κ1) is 22.8.